The number of nitrogens with one attached hydrogen (secondary N) is 5. The number of likely N-dealkylation sites (N-methyl/N-ethyl adjacent to an activating group) is 1. The van der Waals surface area contributed by atoms with Gasteiger partial charge in [0.05, 0.1) is 19.6 Å². The normalized spacial score (nSPS) is 15.0. The maximum atomic E-state index is 12.6. The predicted octanol–water partition coefficient (Wildman–Crippen LogP) is 0.0345. The zero-order valence-electron chi connectivity index (χ0n) is 25.7. The van der Waals surface area contributed by atoms with Gasteiger partial charge in [-0.3, -0.25) is 38.5 Å². The first-order valence-electron chi connectivity index (χ1n) is 14.3. The van der Waals surface area contributed by atoms with E-state index in [4.69, 9.17) is 0 Å². The first-order chi connectivity index (χ1) is 20.1. The monoisotopic (exact) mass is 590 g/mol. The van der Waals surface area contributed by atoms with E-state index in [9.17, 15) is 33.6 Å². The third-order valence-electron chi connectivity index (χ3n) is 5.92. The summed E-state index contributed by atoms with van der Waals surface area (Å²) in [4.78, 5) is 86.5. The van der Waals surface area contributed by atoms with Crippen molar-refractivity contribution in [2.24, 2.45) is 5.92 Å². The second-order valence-electron chi connectivity index (χ2n) is 8.83. The van der Waals surface area contributed by atoms with Crippen molar-refractivity contribution in [2.45, 2.75) is 72.9 Å². The Balaban J connectivity index is 0.00000402. The van der Waals surface area contributed by atoms with E-state index in [1.807, 2.05) is 27.7 Å². The van der Waals surface area contributed by atoms with Gasteiger partial charge in [-0.1, -0.05) is 71.9 Å². The predicted molar refractivity (Wildman–Crippen MR) is 158 cm³/mol. The molecule has 13 nitrogen and oxygen atoms in total. The molecule has 0 bridgehead atoms. The fourth-order valence-electron chi connectivity index (χ4n) is 3.83. The lowest BCUT2D eigenvalue weighted by atomic mass is 10.1. The van der Waals surface area contributed by atoms with Gasteiger partial charge in [-0.15, -0.1) is 0 Å². The summed E-state index contributed by atoms with van der Waals surface area (Å²) < 4.78 is 0. The Morgan fingerprint density at radius 2 is 1.38 bits per heavy atom. The molecule has 1 fully saturated rings. The minimum absolute atomic E-state index is 0.0350. The lowest BCUT2D eigenvalue weighted by Gasteiger charge is -2.24. The molecule has 3 unspecified atom stereocenters. The van der Waals surface area contributed by atoms with Crippen molar-refractivity contribution in [2.75, 3.05) is 26.7 Å². The SMILES string of the molecule is CC.CC.CCC(C(=O)NCC(=O)NCC(=O)NC(Cc1ccccc1)C(=O)NCC(=O)NC)N1C(=O)CC(C)C1=O. The van der Waals surface area contributed by atoms with Crippen LogP contribution in [0.4, 0.5) is 0 Å². The van der Waals surface area contributed by atoms with Crippen LogP contribution in [0.5, 0.6) is 0 Å². The van der Waals surface area contributed by atoms with E-state index < -0.39 is 72.4 Å². The van der Waals surface area contributed by atoms with Crippen LogP contribution in [0.25, 0.3) is 0 Å². The van der Waals surface area contributed by atoms with E-state index >= 15 is 0 Å². The van der Waals surface area contributed by atoms with Gasteiger partial charge in [0.2, 0.25) is 41.4 Å². The van der Waals surface area contributed by atoms with E-state index in [-0.39, 0.29) is 25.8 Å². The Kier molecular flexibility index (Phi) is 18.5. The molecule has 3 atom stereocenters. The maximum absolute atomic E-state index is 12.6. The molecule has 1 aromatic carbocycles. The Hall–Kier alpha value is -4.29. The number of carbonyl (C=O) groups is 7. The van der Waals surface area contributed by atoms with Gasteiger partial charge in [-0.05, 0) is 12.0 Å². The highest BCUT2D eigenvalue weighted by Gasteiger charge is 2.42. The van der Waals surface area contributed by atoms with Gasteiger partial charge in [0.25, 0.3) is 0 Å². The molecule has 0 saturated carbocycles. The molecule has 0 aliphatic carbocycles. The smallest absolute Gasteiger partial charge is 0.243 e. The Labute approximate surface area is 247 Å². The van der Waals surface area contributed by atoms with Crippen molar-refractivity contribution in [1.29, 1.82) is 0 Å². The number of imide groups is 1. The minimum Gasteiger partial charge on any atom is -0.358 e. The summed E-state index contributed by atoms with van der Waals surface area (Å²) in [6.07, 6.45) is 0.374. The number of hydrogen-bond donors (Lipinski definition) is 5. The average molecular weight is 591 g/mol. The first-order valence-corrected chi connectivity index (χ1v) is 14.3. The van der Waals surface area contributed by atoms with Gasteiger partial charge < -0.3 is 26.6 Å². The van der Waals surface area contributed by atoms with Crippen LogP contribution in [0.1, 0.15) is 59.9 Å². The second kappa shape index (κ2) is 20.6. The van der Waals surface area contributed by atoms with Crippen molar-refractivity contribution in [3.63, 3.8) is 0 Å². The zero-order valence-corrected chi connectivity index (χ0v) is 25.7. The minimum atomic E-state index is -1.02. The molecular weight excluding hydrogens is 544 g/mol. The largest absolute Gasteiger partial charge is 0.358 e. The highest BCUT2D eigenvalue weighted by molar-refractivity contribution is 6.07. The number of hydrogen-bond acceptors (Lipinski definition) is 7. The van der Waals surface area contributed by atoms with Crippen molar-refractivity contribution in [1.82, 2.24) is 31.5 Å². The van der Waals surface area contributed by atoms with E-state index in [0.29, 0.717) is 0 Å². The molecule has 1 heterocycles. The number of likely N-dealkylation sites (tertiary alicyclic amines) is 1. The van der Waals surface area contributed by atoms with Crippen LogP contribution in [0.15, 0.2) is 30.3 Å². The van der Waals surface area contributed by atoms with Gasteiger partial charge in [0.15, 0.2) is 0 Å². The number of nitrogens with zero attached hydrogens (tertiary/aromatic N) is 1. The average Bonchev–Trinajstić information content (AvgIpc) is 3.26. The van der Waals surface area contributed by atoms with E-state index in [1.165, 1.54) is 7.05 Å². The van der Waals surface area contributed by atoms with Crippen molar-refractivity contribution in [3.05, 3.63) is 35.9 Å². The van der Waals surface area contributed by atoms with Gasteiger partial charge in [-0.2, -0.15) is 0 Å². The molecule has 42 heavy (non-hydrogen) atoms. The standard InChI is InChI=1S/C25H34N6O7.2C2H6/c1-4-18(31-22(35)10-15(2)25(31)38)24(37)29-13-20(33)27-14-21(34)30-17(11-16-8-6-5-7-9-16)23(36)28-12-19(32)26-3;2*1-2/h5-9,15,17-18H,4,10-14H2,1-3H3,(H,26,32)(H,27,33)(H,28,36)(H,29,37)(H,30,34);2*1-2H3. The molecular formula is C29H46N6O7. The zero-order chi connectivity index (χ0) is 32.2. The number of rotatable bonds is 13. The van der Waals surface area contributed by atoms with Crippen molar-refractivity contribution >= 4 is 41.4 Å². The molecule has 7 amide bonds. The van der Waals surface area contributed by atoms with Crippen LogP contribution < -0.4 is 26.6 Å². The van der Waals surface area contributed by atoms with Gasteiger partial charge in [0, 0.05) is 25.8 Å². The molecule has 234 valence electrons. The van der Waals surface area contributed by atoms with Crippen molar-refractivity contribution < 1.29 is 33.6 Å². The van der Waals surface area contributed by atoms with Gasteiger partial charge in [0.1, 0.15) is 12.1 Å². The molecule has 0 aromatic heterocycles. The van der Waals surface area contributed by atoms with Crippen LogP contribution in [0.2, 0.25) is 0 Å². The summed E-state index contributed by atoms with van der Waals surface area (Å²) in [6.45, 7) is 10.0. The van der Waals surface area contributed by atoms with Crippen LogP contribution in [0, 0.1) is 5.92 Å². The number of benzene rings is 1. The summed E-state index contributed by atoms with van der Waals surface area (Å²) in [5.41, 5.74) is 0.773. The number of carbonyl (C=O) groups excluding carboxylic acids is 7. The van der Waals surface area contributed by atoms with E-state index in [2.05, 4.69) is 26.6 Å². The maximum Gasteiger partial charge on any atom is 0.243 e. The third-order valence-corrected chi connectivity index (χ3v) is 5.92. The highest BCUT2D eigenvalue weighted by atomic mass is 16.2. The van der Waals surface area contributed by atoms with Gasteiger partial charge in [-0.25, -0.2) is 0 Å². The fraction of sp³-hybridized carbons (Fsp3) is 0.552. The molecule has 2 rings (SSSR count). The molecule has 1 aliphatic heterocycles. The van der Waals surface area contributed by atoms with E-state index in [1.54, 1.807) is 44.2 Å². The van der Waals surface area contributed by atoms with Crippen LogP contribution in [0.3, 0.4) is 0 Å². The quantitative estimate of drug-likeness (QED) is 0.201. The van der Waals surface area contributed by atoms with Crippen LogP contribution >= 0.6 is 0 Å². The highest BCUT2D eigenvalue weighted by Crippen LogP contribution is 2.22. The molecule has 0 radical (unpaired) electrons. The van der Waals surface area contributed by atoms with Gasteiger partial charge >= 0.3 is 0 Å². The molecule has 1 aliphatic rings. The summed E-state index contributed by atoms with van der Waals surface area (Å²) in [5.74, 6) is -4.33. The van der Waals surface area contributed by atoms with E-state index in [0.717, 1.165) is 10.5 Å². The first kappa shape index (κ1) is 37.7. The number of amides is 7. The van der Waals surface area contributed by atoms with Crippen LogP contribution in [-0.4, -0.2) is 85.0 Å². The lowest BCUT2D eigenvalue weighted by Crippen LogP contribution is -2.53. The van der Waals surface area contributed by atoms with Crippen LogP contribution in [-0.2, 0) is 40.0 Å². The fourth-order valence-corrected chi connectivity index (χ4v) is 3.83. The molecule has 1 saturated heterocycles. The summed E-state index contributed by atoms with van der Waals surface area (Å²) >= 11 is 0. The lowest BCUT2D eigenvalue weighted by molar-refractivity contribution is -0.147. The molecule has 1 aromatic rings. The molecule has 13 heteroatoms. The topological polar surface area (TPSA) is 183 Å². The second-order valence-corrected chi connectivity index (χ2v) is 8.83. The van der Waals surface area contributed by atoms with Crippen molar-refractivity contribution in [3.8, 4) is 0 Å². The third kappa shape index (κ3) is 12.5. The Bertz CT molecular complexity index is 1060. The summed E-state index contributed by atoms with van der Waals surface area (Å²) in [5, 5.41) is 12.1. The Morgan fingerprint density at radius 3 is 1.90 bits per heavy atom. The molecule has 0 spiro atoms. The summed E-state index contributed by atoms with van der Waals surface area (Å²) in [6, 6.07) is 6.90. The Morgan fingerprint density at radius 1 is 0.833 bits per heavy atom. The molecule has 5 N–H and O–H groups in total. The summed E-state index contributed by atoms with van der Waals surface area (Å²) in [7, 11) is 1.43.